The fourth-order valence-corrected chi connectivity index (χ4v) is 1.63. The topological polar surface area (TPSA) is 18.5 Å². The maximum absolute atomic E-state index is 3.48. The van der Waals surface area contributed by atoms with Crippen molar-refractivity contribution in [2.45, 2.75) is 6.42 Å². The van der Waals surface area contributed by atoms with Gasteiger partial charge in [0, 0.05) is 20.6 Å². The van der Waals surface area contributed by atoms with Crippen molar-refractivity contribution in [1.82, 2.24) is 4.90 Å². The average molecular weight is 221 g/mol. The molecule has 1 aromatic carbocycles. The van der Waals surface area contributed by atoms with Gasteiger partial charge in [0.05, 0.1) is 11.4 Å². The molecule has 0 saturated heterocycles. The molecule has 0 spiro atoms. The molecule has 0 radical (unpaired) electrons. The van der Waals surface area contributed by atoms with Crippen LogP contribution in [-0.4, -0.2) is 46.2 Å². The van der Waals surface area contributed by atoms with Crippen LogP contribution in [0.3, 0.4) is 0 Å². The molecule has 0 aliphatic carbocycles. The van der Waals surface area contributed by atoms with Crippen LogP contribution < -0.4 is 10.2 Å². The minimum Gasteiger partial charge on any atom is -0.383 e. The Balaban J connectivity index is 2.47. The molecule has 0 bridgehead atoms. The van der Waals surface area contributed by atoms with Crippen LogP contribution in [0.25, 0.3) is 0 Å². The van der Waals surface area contributed by atoms with Crippen molar-refractivity contribution in [3.05, 3.63) is 24.3 Å². The molecule has 0 unspecified atom stereocenters. The zero-order valence-corrected chi connectivity index (χ0v) is 10.8. The first-order valence-electron chi connectivity index (χ1n) is 5.76. The lowest BCUT2D eigenvalue weighted by Gasteiger charge is -2.18. The molecule has 0 aliphatic rings. The van der Waals surface area contributed by atoms with Gasteiger partial charge in [0.15, 0.2) is 0 Å². The van der Waals surface area contributed by atoms with Gasteiger partial charge in [-0.1, -0.05) is 12.1 Å². The second kappa shape index (κ2) is 6.38. The molecule has 1 rings (SSSR count). The monoisotopic (exact) mass is 221 g/mol. The van der Waals surface area contributed by atoms with Crippen molar-refractivity contribution >= 4 is 11.4 Å². The van der Waals surface area contributed by atoms with Crippen molar-refractivity contribution in [1.29, 1.82) is 0 Å². The van der Waals surface area contributed by atoms with Crippen LogP contribution in [0.4, 0.5) is 11.4 Å². The summed E-state index contributed by atoms with van der Waals surface area (Å²) < 4.78 is 0. The van der Waals surface area contributed by atoms with Gasteiger partial charge in [-0.05, 0) is 39.2 Å². The highest BCUT2D eigenvalue weighted by Gasteiger charge is 2.01. The van der Waals surface area contributed by atoms with Gasteiger partial charge in [-0.25, -0.2) is 0 Å². The molecular formula is C13H23N3. The van der Waals surface area contributed by atoms with E-state index in [1.807, 2.05) is 0 Å². The van der Waals surface area contributed by atoms with Gasteiger partial charge in [-0.3, -0.25) is 0 Å². The summed E-state index contributed by atoms with van der Waals surface area (Å²) in [5.74, 6) is 0. The average Bonchev–Trinajstić information content (AvgIpc) is 2.24. The van der Waals surface area contributed by atoms with Crippen LogP contribution >= 0.6 is 0 Å². The molecule has 16 heavy (non-hydrogen) atoms. The minimum absolute atomic E-state index is 1.02. The molecule has 0 aromatic heterocycles. The Labute approximate surface area is 99.1 Å². The minimum atomic E-state index is 1.02. The van der Waals surface area contributed by atoms with Crippen LogP contribution in [0.2, 0.25) is 0 Å². The number of nitrogens with one attached hydrogen (secondary N) is 1. The lowest BCUT2D eigenvalue weighted by atomic mass is 10.2. The molecule has 0 saturated carbocycles. The highest BCUT2D eigenvalue weighted by Crippen LogP contribution is 2.23. The third-order valence-electron chi connectivity index (χ3n) is 2.48. The van der Waals surface area contributed by atoms with Crippen LogP contribution in [0.15, 0.2) is 24.3 Å². The first kappa shape index (κ1) is 12.8. The molecule has 0 heterocycles. The van der Waals surface area contributed by atoms with E-state index >= 15 is 0 Å². The molecule has 1 aromatic rings. The van der Waals surface area contributed by atoms with E-state index in [0.29, 0.717) is 0 Å². The van der Waals surface area contributed by atoms with Gasteiger partial charge < -0.3 is 15.1 Å². The SMILES string of the molecule is CN(C)CCCNc1ccccc1N(C)C. The van der Waals surface area contributed by atoms with Gasteiger partial charge in [-0.15, -0.1) is 0 Å². The van der Waals surface area contributed by atoms with E-state index in [9.17, 15) is 0 Å². The maximum atomic E-state index is 3.48. The molecule has 1 N–H and O–H groups in total. The number of anilines is 2. The van der Waals surface area contributed by atoms with Gasteiger partial charge in [0.2, 0.25) is 0 Å². The summed E-state index contributed by atoms with van der Waals surface area (Å²) >= 11 is 0. The summed E-state index contributed by atoms with van der Waals surface area (Å²) in [7, 11) is 8.35. The van der Waals surface area contributed by atoms with Gasteiger partial charge >= 0.3 is 0 Å². The highest BCUT2D eigenvalue weighted by atomic mass is 15.1. The zero-order valence-electron chi connectivity index (χ0n) is 10.8. The van der Waals surface area contributed by atoms with Crippen LogP contribution in [0, 0.1) is 0 Å². The summed E-state index contributed by atoms with van der Waals surface area (Å²) in [6.07, 6.45) is 1.16. The number of hydrogen-bond acceptors (Lipinski definition) is 3. The standard InChI is InChI=1S/C13H23N3/c1-15(2)11-7-10-14-12-8-5-6-9-13(12)16(3)4/h5-6,8-9,14H,7,10-11H2,1-4H3. The van der Waals surface area contributed by atoms with Crippen LogP contribution in [0.5, 0.6) is 0 Å². The second-order valence-electron chi connectivity index (χ2n) is 4.50. The quantitative estimate of drug-likeness (QED) is 0.742. The molecule has 3 nitrogen and oxygen atoms in total. The van der Waals surface area contributed by atoms with Crippen LogP contribution in [0.1, 0.15) is 6.42 Å². The second-order valence-corrected chi connectivity index (χ2v) is 4.50. The molecule has 0 atom stereocenters. The summed E-state index contributed by atoms with van der Waals surface area (Å²) in [4.78, 5) is 4.34. The molecule has 0 aliphatic heterocycles. The normalized spacial score (nSPS) is 10.6. The van der Waals surface area contributed by atoms with E-state index in [1.165, 1.54) is 11.4 Å². The molecule has 3 heteroatoms. The van der Waals surface area contributed by atoms with E-state index in [-0.39, 0.29) is 0 Å². The van der Waals surface area contributed by atoms with Crippen LogP contribution in [-0.2, 0) is 0 Å². The lowest BCUT2D eigenvalue weighted by molar-refractivity contribution is 0.405. The largest absolute Gasteiger partial charge is 0.383 e. The van der Waals surface area contributed by atoms with Gasteiger partial charge in [0.1, 0.15) is 0 Å². The smallest absolute Gasteiger partial charge is 0.0596 e. The molecule has 0 amide bonds. The van der Waals surface area contributed by atoms with Gasteiger partial charge in [0.25, 0.3) is 0 Å². The van der Waals surface area contributed by atoms with Crippen molar-refractivity contribution < 1.29 is 0 Å². The zero-order chi connectivity index (χ0) is 12.0. The summed E-state index contributed by atoms with van der Waals surface area (Å²) in [6.45, 7) is 2.14. The fraction of sp³-hybridized carbons (Fsp3) is 0.538. The molecule has 0 fully saturated rings. The lowest BCUT2D eigenvalue weighted by Crippen LogP contribution is -2.17. The Morgan fingerprint density at radius 3 is 2.38 bits per heavy atom. The van der Waals surface area contributed by atoms with E-state index in [0.717, 1.165) is 19.5 Å². The van der Waals surface area contributed by atoms with E-state index in [4.69, 9.17) is 0 Å². The van der Waals surface area contributed by atoms with Crippen molar-refractivity contribution in [2.75, 3.05) is 51.5 Å². The van der Waals surface area contributed by atoms with E-state index in [2.05, 4.69) is 67.6 Å². The maximum Gasteiger partial charge on any atom is 0.0596 e. The third kappa shape index (κ3) is 4.11. The first-order chi connectivity index (χ1) is 7.61. The fourth-order valence-electron chi connectivity index (χ4n) is 1.63. The number of benzene rings is 1. The summed E-state index contributed by atoms with van der Waals surface area (Å²) in [5, 5.41) is 3.48. The Kier molecular flexibility index (Phi) is 5.12. The third-order valence-corrected chi connectivity index (χ3v) is 2.48. The van der Waals surface area contributed by atoms with E-state index in [1.54, 1.807) is 0 Å². The Bertz CT molecular complexity index is 308. The van der Waals surface area contributed by atoms with Crippen molar-refractivity contribution in [3.63, 3.8) is 0 Å². The van der Waals surface area contributed by atoms with Crippen molar-refractivity contribution in [2.24, 2.45) is 0 Å². The number of rotatable bonds is 6. The summed E-state index contributed by atoms with van der Waals surface area (Å²) in [6, 6.07) is 8.40. The van der Waals surface area contributed by atoms with E-state index < -0.39 is 0 Å². The predicted molar refractivity (Wildman–Crippen MR) is 72.4 cm³/mol. The predicted octanol–water partition coefficient (Wildman–Crippen LogP) is 2.12. The Morgan fingerprint density at radius 1 is 1.06 bits per heavy atom. The number of hydrogen-bond donors (Lipinski definition) is 1. The summed E-state index contributed by atoms with van der Waals surface area (Å²) in [5.41, 5.74) is 2.46. The molecular weight excluding hydrogens is 198 g/mol. The van der Waals surface area contributed by atoms with Crippen molar-refractivity contribution in [3.8, 4) is 0 Å². The first-order valence-corrected chi connectivity index (χ1v) is 5.76. The number of nitrogens with zero attached hydrogens (tertiary/aromatic N) is 2. The molecule has 90 valence electrons. The number of para-hydroxylation sites is 2. The highest BCUT2D eigenvalue weighted by molar-refractivity contribution is 5.69. The Morgan fingerprint density at radius 2 is 1.75 bits per heavy atom. The Hall–Kier alpha value is -1.22. The van der Waals surface area contributed by atoms with Gasteiger partial charge in [-0.2, -0.15) is 0 Å².